The summed E-state index contributed by atoms with van der Waals surface area (Å²) in [6.07, 6.45) is -12.9. The Morgan fingerprint density at radius 3 is 0.816 bits per heavy atom. The number of aliphatic carboxylic acids is 6. The molecule has 0 aromatic rings. The van der Waals surface area contributed by atoms with Crippen molar-refractivity contribution in [2.24, 2.45) is 0 Å². The van der Waals surface area contributed by atoms with Crippen molar-refractivity contribution in [3.63, 3.8) is 0 Å². The predicted octanol–water partition coefficient (Wildman–Crippen LogP) is -6.25. The average Bonchev–Trinajstić information content (AvgIpc) is 2.63. The summed E-state index contributed by atoms with van der Waals surface area (Å²) < 4.78 is 8.48. The maximum absolute atomic E-state index is 12.0. The molecular formula is C16H22K2Na2O18. The molecule has 0 radical (unpaired) electrons. The van der Waals surface area contributed by atoms with Crippen LogP contribution in [0.15, 0.2) is 0 Å². The Bertz CT molecular complexity index is 805. The number of ether oxygens (including phenoxy) is 2. The van der Waals surface area contributed by atoms with E-state index < -0.39 is 96.8 Å². The van der Waals surface area contributed by atoms with Gasteiger partial charge in [0.1, 0.15) is 0 Å². The predicted molar refractivity (Wildman–Crippen MR) is 123 cm³/mol. The number of aliphatic hydroxyl groups is 2. The second-order valence-electron chi connectivity index (χ2n) is 6.61. The van der Waals surface area contributed by atoms with Crippen molar-refractivity contribution in [2.45, 2.75) is 49.1 Å². The molecule has 0 bridgehead atoms. The van der Waals surface area contributed by atoms with Gasteiger partial charge >= 0.3 is 210 Å². The zero-order valence-electron chi connectivity index (χ0n) is 16.6. The van der Waals surface area contributed by atoms with Gasteiger partial charge in [0.25, 0.3) is 0 Å². The van der Waals surface area contributed by atoms with Gasteiger partial charge in [-0.1, -0.05) is 0 Å². The molecule has 0 aromatic carbocycles. The molecule has 8 N–H and O–H groups in total. The van der Waals surface area contributed by atoms with Crippen LogP contribution in [0, 0.1) is 0 Å². The number of carboxylic acid groups (broad SMARTS) is 6. The fraction of sp³-hybridized carbons (Fsp3) is 0.500. The number of aliphatic hydroxyl groups excluding tert-OH is 2. The first kappa shape index (κ1) is 48.7. The van der Waals surface area contributed by atoms with Crippen LogP contribution in [-0.4, -0.2) is 274 Å². The van der Waals surface area contributed by atoms with Crippen LogP contribution in [-0.2, 0) is 47.8 Å². The summed E-state index contributed by atoms with van der Waals surface area (Å²) >= 11 is 0. The quantitative estimate of drug-likeness (QED) is 0.0619. The number of esters is 2. The number of carboxylic acids is 6. The van der Waals surface area contributed by atoms with E-state index in [0.717, 1.165) is 0 Å². The van der Waals surface area contributed by atoms with Crippen molar-refractivity contribution in [3.05, 3.63) is 0 Å². The van der Waals surface area contributed by atoms with E-state index in [9.17, 15) is 48.6 Å². The Morgan fingerprint density at radius 2 is 0.684 bits per heavy atom. The Labute approximate surface area is 341 Å². The number of hydrogen-bond donors (Lipinski definition) is 8. The topological polar surface area (TPSA) is 317 Å². The average molecular weight is 627 g/mol. The molecule has 0 aliphatic rings. The van der Waals surface area contributed by atoms with Crippen molar-refractivity contribution in [2.75, 3.05) is 0 Å². The molecule has 2 atom stereocenters. The van der Waals surface area contributed by atoms with Gasteiger partial charge in [0.2, 0.25) is 11.2 Å². The van der Waals surface area contributed by atoms with Crippen LogP contribution in [0.4, 0.5) is 0 Å². The maximum atomic E-state index is 12.0. The third kappa shape index (κ3) is 15.8. The van der Waals surface area contributed by atoms with E-state index >= 15 is 0 Å². The summed E-state index contributed by atoms with van der Waals surface area (Å²) in [4.78, 5) is 90.5. The van der Waals surface area contributed by atoms with E-state index in [0.29, 0.717) is 0 Å². The summed E-state index contributed by atoms with van der Waals surface area (Å²) in [5, 5.41) is 73.1. The molecular weight excluding hydrogens is 604 g/mol. The monoisotopic (exact) mass is 626 g/mol. The van der Waals surface area contributed by atoms with Crippen molar-refractivity contribution in [1.82, 2.24) is 0 Å². The number of carbonyl (C=O) groups excluding carboxylic acids is 2. The van der Waals surface area contributed by atoms with Crippen LogP contribution in [0.5, 0.6) is 0 Å². The molecule has 0 spiro atoms. The van der Waals surface area contributed by atoms with Crippen LogP contribution < -0.4 is 0 Å². The first-order valence-corrected chi connectivity index (χ1v) is 8.55. The Kier molecular flexibility index (Phi) is 27.7. The van der Waals surface area contributed by atoms with Gasteiger partial charge in [-0.3, -0.25) is 19.2 Å². The van der Waals surface area contributed by atoms with Crippen molar-refractivity contribution in [3.8, 4) is 0 Å². The fourth-order valence-corrected chi connectivity index (χ4v) is 2.40. The van der Waals surface area contributed by atoms with Gasteiger partial charge in [-0.2, -0.15) is 0 Å². The summed E-state index contributed by atoms with van der Waals surface area (Å²) in [5.74, 6) is -17.0. The van der Waals surface area contributed by atoms with E-state index in [1.165, 1.54) is 0 Å². The molecule has 18 nitrogen and oxygen atoms in total. The molecule has 0 heterocycles. The summed E-state index contributed by atoms with van der Waals surface area (Å²) in [6, 6.07) is 0. The van der Waals surface area contributed by atoms with Gasteiger partial charge in [0.05, 0.1) is 25.7 Å². The summed E-state index contributed by atoms with van der Waals surface area (Å²) in [7, 11) is 0. The number of rotatable bonds is 15. The minimum absolute atomic E-state index is 0. The van der Waals surface area contributed by atoms with Crippen LogP contribution in [0.1, 0.15) is 25.7 Å². The SMILES string of the molecule is O=C(O)CC(CC(=O)O)(OC(=O)C(O)C(O)C(=O)OC(CC(=O)O)(CC(=O)O)C(=O)O)C(=O)O.[KH].[KH].[NaH].[NaH]. The van der Waals surface area contributed by atoms with Crippen LogP contribution in [0.3, 0.4) is 0 Å². The standard InChI is InChI=1S/C16H18O18.2K.2Na.4H/c17-5(18)1-15(13(29)30,2-6(19)20)33-11(27)9(25)10(26)12(28)34-16(14(31)32,3-7(21)22)4-8(23)24;;;;;;;;/h9-10,25-26H,1-4H2,(H,17,18)(H,19,20)(H,21,22)(H,23,24)(H,29,30)(H,31,32);;;;;;;;. The molecule has 0 aromatic heterocycles. The molecule has 0 aliphatic carbocycles. The molecule has 38 heavy (non-hydrogen) atoms. The Balaban J connectivity index is -0.000000907. The second-order valence-corrected chi connectivity index (χ2v) is 6.61. The van der Waals surface area contributed by atoms with Gasteiger partial charge in [-0.05, 0) is 0 Å². The number of carbonyl (C=O) groups is 8. The van der Waals surface area contributed by atoms with Crippen molar-refractivity contribution >= 4 is 210 Å². The molecule has 0 saturated carbocycles. The minimum atomic E-state index is -3.32. The van der Waals surface area contributed by atoms with Crippen LogP contribution in [0.2, 0.25) is 0 Å². The van der Waals surface area contributed by atoms with E-state index in [1.807, 2.05) is 0 Å². The van der Waals surface area contributed by atoms with Gasteiger partial charge in [0.15, 0.2) is 12.2 Å². The number of hydrogen-bond acceptors (Lipinski definition) is 12. The van der Waals surface area contributed by atoms with Crippen molar-refractivity contribution in [1.29, 1.82) is 0 Å². The van der Waals surface area contributed by atoms with Gasteiger partial charge in [0, 0.05) is 0 Å². The zero-order valence-corrected chi connectivity index (χ0v) is 16.6. The normalized spacial score (nSPS) is 11.7. The molecule has 0 aliphatic heterocycles. The molecule has 0 amide bonds. The van der Waals surface area contributed by atoms with Crippen molar-refractivity contribution < 1.29 is 88.7 Å². The van der Waals surface area contributed by atoms with Crippen LogP contribution >= 0.6 is 0 Å². The third-order valence-electron chi connectivity index (χ3n) is 3.90. The summed E-state index contributed by atoms with van der Waals surface area (Å²) in [6.45, 7) is 0. The van der Waals surface area contributed by atoms with Crippen LogP contribution in [0.25, 0.3) is 0 Å². The third-order valence-corrected chi connectivity index (χ3v) is 3.90. The Morgan fingerprint density at radius 1 is 0.500 bits per heavy atom. The molecule has 0 saturated heterocycles. The molecule has 22 heteroatoms. The fourth-order valence-electron chi connectivity index (χ4n) is 2.40. The Hall–Kier alpha value is 0.953. The second kappa shape index (κ2) is 21.6. The van der Waals surface area contributed by atoms with Gasteiger partial charge in [-0.15, -0.1) is 0 Å². The van der Waals surface area contributed by atoms with E-state index in [1.54, 1.807) is 0 Å². The first-order valence-electron chi connectivity index (χ1n) is 8.55. The van der Waals surface area contributed by atoms with Gasteiger partial charge < -0.3 is 50.3 Å². The molecule has 198 valence electrons. The van der Waals surface area contributed by atoms with E-state index in [-0.39, 0.29) is 162 Å². The molecule has 0 fully saturated rings. The molecule has 0 rings (SSSR count). The van der Waals surface area contributed by atoms with E-state index in [4.69, 9.17) is 30.6 Å². The van der Waals surface area contributed by atoms with Gasteiger partial charge in [-0.25, -0.2) is 19.2 Å². The van der Waals surface area contributed by atoms with E-state index in [2.05, 4.69) is 9.47 Å². The molecule has 2 unspecified atom stereocenters. The first-order chi connectivity index (χ1) is 15.4. The summed E-state index contributed by atoms with van der Waals surface area (Å²) in [5.41, 5.74) is -6.65. The zero-order chi connectivity index (χ0) is 27.0.